The van der Waals surface area contributed by atoms with E-state index in [-0.39, 0.29) is 11.5 Å². The van der Waals surface area contributed by atoms with Gasteiger partial charge in [-0.15, -0.1) is 0 Å². The maximum Gasteiger partial charge on any atom is 0.255 e. The van der Waals surface area contributed by atoms with Gasteiger partial charge in [0.15, 0.2) is 17.5 Å². The van der Waals surface area contributed by atoms with Gasteiger partial charge < -0.3 is 10.2 Å². The standard InChI is InChI=1S/C20H21F3N2O2/c1-3-10-25(11-4-2)20(27)14-7-5-6-13(12-14)19(26)24-16-9-8-15(21)17(22)18(16)23/h5-9,12H,3-4,10-11H2,1-2H3,(H,24,26). The number of hydrogen-bond acceptors (Lipinski definition) is 2. The number of hydrogen-bond donors (Lipinski definition) is 1. The molecule has 0 saturated heterocycles. The summed E-state index contributed by atoms with van der Waals surface area (Å²) in [5.74, 6) is -5.41. The lowest BCUT2D eigenvalue weighted by atomic mass is 10.1. The van der Waals surface area contributed by atoms with Gasteiger partial charge in [0.25, 0.3) is 11.8 Å². The Morgan fingerprint density at radius 1 is 0.926 bits per heavy atom. The van der Waals surface area contributed by atoms with Gasteiger partial charge in [0, 0.05) is 24.2 Å². The molecule has 2 rings (SSSR count). The molecule has 0 aromatic heterocycles. The topological polar surface area (TPSA) is 49.4 Å². The largest absolute Gasteiger partial charge is 0.339 e. The average Bonchev–Trinajstić information content (AvgIpc) is 2.67. The zero-order chi connectivity index (χ0) is 20.0. The Hall–Kier alpha value is -2.83. The van der Waals surface area contributed by atoms with Crippen molar-refractivity contribution in [3.63, 3.8) is 0 Å². The van der Waals surface area contributed by atoms with E-state index in [0.29, 0.717) is 18.7 Å². The monoisotopic (exact) mass is 378 g/mol. The second-order valence-corrected chi connectivity index (χ2v) is 6.05. The van der Waals surface area contributed by atoms with Crippen LogP contribution in [0, 0.1) is 17.5 Å². The molecule has 0 heterocycles. The Kier molecular flexibility index (Phi) is 6.98. The average molecular weight is 378 g/mol. The molecule has 0 fully saturated rings. The van der Waals surface area contributed by atoms with Crippen molar-refractivity contribution in [1.29, 1.82) is 0 Å². The number of anilines is 1. The van der Waals surface area contributed by atoms with E-state index in [1.165, 1.54) is 12.1 Å². The first-order valence-corrected chi connectivity index (χ1v) is 8.73. The van der Waals surface area contributed by atoms with E-state index in [0.717, 1.165) is 25.0 Å². The van der Waals surface area contributed by atoms with E-state index in [2.05, 4.69) is 5.32 Å². The molecule has 2 aromatic rings. The molecule has 0 aliphatic carbocycles. The lowest BCUT2D eigenvalue weighted by Crippen LogP contribution is -2.32. The first-order chi connectivity index (χ1) is 12.9. The molecule has 0 atom stereocenters. The Bertz CT molecular complexity index is 834. The van der Waals surface area contributed by atoms with Gasteiger partial charge in [-0.3, -0.25) is 9.59 Å². The maximum atomic E-state index is 13.7. The van der Waals surface area contributed by atoms with Crippen molar-refractivity contribution in [2.75, 3.05) is 18.4 Å². The summed E-state index contributed by atoms with van der Waals surface area (Å²) in [6.07, 6.45) is 1.61. The third-order valence-electron chi connectivity index (χ3n) is 3.93. The van der Waals surface area contributed by atoms with Gasteiger partial charge in [-0.2, -0.15) is 0 Å². The predicted octanol–water partition coefficient (Wildman–Crippen LogP) is 4.62. The normalized spacial score (nSPS) is 10.6. The smallest absolute Gasteiger partial charge is 0.255 e. The highest BCUT2D eigenvalue weighted by atomic mass is 19.2. The van der Waals surface area contributed by atoms with E-state index in [4.69, 9.17) is 0 Å². The second-order valence-electron chi connectivity index (χ2n) is 6.05. The third kappa shape index (κ3) is 4.87. The highest BCUT2D eigenvalue weighted by Crippen LogP contribution is 2.20. The fourth-order valence-electron chi connectivity index (χ4n) is 2.65. The summed E-state index contributed by atoms with van der Waals surface area (Å²) in [7, 11) is 0. The Labute approximate surface area is 156 Å². The number of nitrogens with one attached hydrogen (secondary N) is 1. The highest BCUT2D eigenvalue weighted by Gasteiger charge is 2.18. The lowest BCUT2D eigenvalue weighted by molar-refractivity contribution is 0.0755. The molecule has 0 aliphatic rings. The molecule has 0 saturated carbocycles. The minimum absolute atomic E-state index is 0.109. The SMILES string of the molecule is CCCN(CCC)C(=O)c1cccc(C(=O)Nc2ccc(F)c(F)c2F)c1. The second kappa shape index (κ2) is 9.21. The first kappa shape index (κ1) is 20.5. The number of rotatable bonds is 7. The van der Waals surface area contributed by atoms with Crippen molar-refractivity contribution in [3.05, 3.63) is 65.0 Å². The van der Waals surface area contributed by atoms with E-state index in [9.17, 15) is 22.8 Å². The van der Waals surface area contributed by atoms with Crippen molar-refractivity contribution in [2.45, 2.75) is 26.7 Å². The maximum absolute atomic E-state index is 13.7. The van der Waals surface area contributed by atoms with Crippen LogP contribution in [0.3, 0.4) is 0 Å². The van der Waals surface area contributed by atoms with Gasteiger partial charge in [0.2, 0.25) is 0 Å². The van der Waals surface area contributed by atoms with Gasteiger partial charge in [-0.25, -0.2) is 13.2 Å². The van der Waals surface area contributed by atoms with Crippen LogP contribution in [0.5, 0.6) is 0 Å². The first-order valence-electron chi connectivity index (χ1n) is 8.73. The van der Waals surface area contributed by atoms with Crippen LogP contribution < -0.4 is 5.32 Å². The predicted molar refractivity (Wildman–Crippen MR) is 97.2 cm³/mol. The van der Waals surface area contributed by atoms with Crippen LogP contribution in [0.25, 0.3) is 0 Å². The zero-order valence-electron chi connectivity index (χ0n) is 15.2. The Morgan fingerprint density at radius 3 is 2.19 bits per heavy atom. The van der Waals surface area contributed by atoms with Gasteiger partial charge in [-0.05, 0) is 43.2 Å². The fraction of sp³-hybridized carbons (Fsp3) is 0.300. The summed E-state index contributed by atoms with van der Waals surface area (Å²) >= 11 is 0. The van der Waals surface area contributed by atoms with E-state index in [1.807, 2.05) is 13.8 Å². The number of amides is 2. The van der Waals surface area contributed by atoms with Crippen LogP contribution >= 0.6 is 0 Å². The highest BCUT2D eigenvalue weighted by molar-refractivity contribution is 6.06. The molecule has 27 heavy (non-hydrogen) atoms. The van der Waals surface area contributed by atoms with Crippen LogP contribution in [0.2, 0.25) is 0 Å². The molecule has 144 valence electrons. The van der Waals surface area contributed by atoms with Crippen LogP contribution in [0.15, 0.2) is 36.4 Å². The molecule has 0 bridgehead atoms. The molecular formula is C20H21F3N2O2. The molecule has 0 spiro atoms. The van der Waals surface area contributed by atoms with E-state index in [1.54, 1.807) is 17.0 Å². The molecule has 1 N–H and O–H groups in total. The summed E-state index contributed by atoms with van der Waals surface area (Å²) in [5, 5.41) is 2.19. The number of carbonyl (C=O) groups is 2. The van der Waals surface area contributed by atoms with E-state index < -0.39 is 29.0 Å². The third-order valence-corrected chi connectivity index (χ3v) is 3.93. The number of nitrogens with zero attached hydrogens (tertiary/aromatic N) is 1. The van der Waals surface area contributed by atoms with Crippen LogP contribution in [0.4, 0.5) is 18.9 Å². The zero-order valence-corrected chi connectivity index (χ0v) is 15.2. The van der Waals surface area contributed by atoms with Crippen LogP contribution in [0.1, 0.15) is 47.4 Å². The minimum Gasteiger partial charge on any atom is -0.339 e. The van der Waals surface area contributed by atoms with Crippen LogP contribution in [-0.2, 0) is 0 Å². The number of carbonyl (C=O) groups excluding carboxylic acids is 2. The van der Waals surface area contributed by atoms with E-state index >= 15 is 0 Å². The number of benzene rings is 2. The summed E-state index contributed by atoms with van der Waals surface area (Å²) in [5.41, 5.74) is -0.0394. The molecule has 0 aliphatic heterocycles. The van der Waals surface area contributed by atoms with Crippen molar-refractivity contribution in [2.24, 2.45) is 0 Å². The summed E-state index contributed by atoms with van der Waals surface area (Å²) in [4.78, 5) is 26.7. The quantitative estimate of drug-likeness (QED) is 0.715. The van der Waals surface area contributed by atoms with Crippen LogP contribution in [-0.4, -0.2) is 29.8 Å². The lowest BCUT2D eigenvalue weighted by Gasteiger charge is -2.21. The molecule has 0 radical (unpaired) electrons. The summed E-state index contributed by atoms with van der Waals surface area (Å²) in [6.45, 7) is 5.14. The molecule has 2 aromatic carbocycles. The Balaban J connectivity index is 2.22. The molecule has 7 heteroatoms. The molecule has 4 nitrogen and oxygen atoms in total. The fourth-order valence-corrected chi connectivity index (χ4v) is 2.65. The van der Waals surface area contributed by atoms with Crippen molar-refractivity contribution in [1.82, 2.24) is 4.90 Å². The van der Waals surface area contributed by atoms with Gasteiger partial charge in [0.1, 0.15) is 0 Å². The number of halogens is 3. The minimum atomic E-state index is -1.66. The molecular weight excluding hydrogens is 357 g/mol. The molecule has 0 unspecified atom stereocenters. The summed E-state index contributed by atoms with van der Waals surface area (Å²) in [6, 6.07) is 7.64. The Morgan fingerprint density at radius 2 is 1.56 bits per heavy atom. The van der Waals surface area contributed by atoms with Gasteiger partial charge in [-0.1, -0.05) is 19.9 Å². The van der Waals surface area contributed by atoms with Gasteiger partial charge in [0.05, 0.1) is 5.69 Å². The van der Waals surface area contributed by atoms with Crippen molar-refractivity contribution >= 4 is 17.5 Å². The summed E-state index contributed by atoms with van der Waals surface area (Å²) < 4.78 is 40.0. The van der Waals surface area contributed by atoms with Crippen molar-refractivity contribution < 1.29 is 22.8 Å². The van der Waals surface area contributed by atoms with Gasteiger partial charge >= 0.3 is 0 Å². The molecule has 2 amide bonds. The van der Waals surface area contributed by atoms with Crippen molar-refractivity contribution in [3.8, 4) is 0 Å².